The van der Waals surface area contributed by atoms with Crippen molar-refractivity contribution in [3.63, 3.8) is 0 Å². The number of hydrogen-bond acceptors (Lipinski definition) is 1. The summed E-state index contributed by atoms with van der Waals surface area (Å²) in [5, 5.41) is 9.42. The van der Waals surface area contributed by atoms with E-state index < -0.39 is 11.8 Å². The van der Waals surface area contributed by atoms with Crippen molar-refractivity contribution < 1.29 is 14.3 Å². The number of carboxylic acids is 1. The molecule has 78 valence electrons. The average Bonchev–Trinajstić information content (AvgIpc) is 2.20. The largest absolute Gasteiger partial charge is 0.478 e. The molecular formula is C11H8BrFO2. The summed E-state index contributed by atoms with van der Waals surface area (Å²) >= 11 is 3.22. The molecule has 0 aromatic heterocycles. The fourth-order valence-corrected chi connectivity index (χ4v) is 1.18. The van der Waals surface area contributed by atoms with E-state index in [1.54, 1.807) is 0 Å². The fraction of sp³-hybridized carbons (Fsp3) is 0.182. The number of benzene rings is 1. The lowest BCUT2D eigenvalue weighted by Gasteiger charge is -1.97. The van der Waals surface area contributed by atoms with E-state index in [2.05, 4.69) is 27.8 Å². The number of aromatic carboxylic acids is 1. The van der Waals surface area contributed by atoms with Crippen LogP contribution in [-0.4, -0.2) is 16.4 Å². The maximum absolute atomic E-state index is 13.0. The summed E-state index contributed by atoms with van der Waals surface area (Å²) in [5.41, 5.74) is 0.162. The summed E-state index contributed by atoms with van der Waals surface area (Å²) in [6, 6.07) is 3.81. The van der Waals surface area contributed by atoms with Crippen molar-refractivity contribution in [2.75, 3.05) is 5.33 Å². The van der Waals surface area contributed by atoms with Gasteiger partial charge in [0.2, 0.25) is 0 Å². The molecular weight excluding hydrogens is 263 g/mol. The highest BCUT2D eigenvalue weighted by Gasteiger charge is 2.09. The molecule has 0 atom stereocenters. The van der Waals surface area contributed by atoms with Gasteiger partial charge in [0.1, 0.15) is 5.82 Å². The Labute approximate surface area is 95.2 Å². The highest BCUT2D eigenvalue weighted by molar-refractivity contribution is 9.09. The molecule has 0 aliphatic heterocycles. The minimum absolute atomic E-state index is 0.347. The van der Waals surface area contributed by atoms with Gasteiger partial charge in [-0.2, -0.15) is 0 Å². The normalized spacial score (nSPS) is 9.20. The first kappa shape index (κ1) is 11.7. The van der Waals surface area contributed by atoms with Gasteiger partial charge in [0.05, 0.1) is 5.56 Å². The van der Waals surface area contributed by atoms with Crippen molar-refractivity contribution in [3.8, 4) is 11.8 Å². The minimum Gasteiger partial charge on any atom is -0.478 e. The zero-order valence-electron chi connectivity index (χ0n) is 7.76. The smallest absolute Gasteiger partial charge is 0.338 e. The van der Waals surface area contributed by atoms with E-state index in [1.165, 1.54) is 12.1 Å². The van der Waals surface area contributed by atoms with Crippen LogP contribution in [0.2, 0.25) is 0 Å². The first-order valence-electron chi connectivity index (χ1n) is 4.23. The van der Waals surface area contributed by atoms with E-state index in [-0.39, 0.29) is 5.56 Å². The second kappa shape index (κ2) is 5.52. The predicted molar refractivity (Wildman–Crippen MR) is 58.6 cm³/mol. The molecule has 0 fully saturated rings. The van der Waals surface area contributed by atoms with Crippen molar-refractivity contribution >= 4 is 21.9 Å². The Morgan fingerprint density at radius 1 is 1.53 bits per heavy atom. The summed E-state index contributed by atoms with van der Waals surface area (Å²) in [6.07, 6.45) is 0.666. The van der Waals surface area contributed by atoms with Crippen LogP contribution in [0.25, 0.3) is 0 Å². The zero-order chi connectivity index (χ0) is 11.3. The Bertz CT molecular complexity index is 432. The Morgan fingerprint density at radius 2 is 2.27 bits per heavy atom. The third kappa shape index (κ3) is 3.37. The van der Waals surface area contributed by atoms with E-state index >= 15 is 0 Å². The average molecular weight is 271 g/mol. The first-order chi connectivity index (χ1) is 7.15. The Morgan fingerprint density at radius 3 is 2.87 bits per heavy atom. The van der Waals surface area contributed by atoms with Crippen molar-refractivity contribution in [2.24, 2.45) is 0 Å². The van der Waals surface area contributed by atoms with Gasteiger partial charge in [-0.15, -0.1) is 0 Å². The van der Waals surface area contributed by atoms with Crippen LogP contribution in [0.4, 0.5) is 4.39 Å². The minimum atomic E-state index is -1.28. The van der Waals surface area contributed by atoms with Gasteiger partial charge in [0.15, 0.2) is 0 Å². The fourth-order valence-electron chi connectivity index (χ4n) is 0.979. The molecule has 0 aliphatic carbocycles. The summed E-state index contributed by atoms with van der Waals surface area (Å²) in [4.78, 5) is 10.6. The van der Waals surface area contributed by atoms with Gasteiger partial charge < -0.3 is 5.11 Å². The zero-order valence-corrected chi connectivity index (χ0v) is 9.34. The molecule has 4 heteroatoms. The van der Waals surface area contributed by atoms with E-state index in [1.807, 2.05) is 0 Å². The van der Waals surface area contributed by atoms with Crippen molar-refractivity contribution in [2.45, 2.75) is 6.42 Å². The highest BCUT2D eigenvalue weighted by atomic mass is 79.9. The molecule has 1 rings (SSSR count). The lowest BCUT2D eigenvalue weighted by molar-refractivity contribution is 0.0692. The molecule has 0 amide bonds. The van der Waals surface area contributed by atoms with Gasteiger partial charge >= 0.3 is 5.97 Å². The topological polar surface area (TPSA) is 37.3 Å². The van der Waals surface area contributed by atoms with Gasteiger partial charge in [-0.1, -0.05) is 27.8 Å². The number of carbonyl (C=O) groups is 1. The summed E-state index contributed by atoms with van der Waals surface area (Å²) in [7, 11) is 0. The molecule has 1 aromatic carbocycles. The monoisotopic (exact) mass is 270 g/mol. The summed E-state index contributed by atoms with van der Waals surface area (Å²) in [6.45, 7) is 0. The third-order valence-corrected chi connectivity index (χ3v) is 2.05. The predicted octanol–water partition coefficient (Wildman–Crippen LogP) is 2.66. The molecule has 0 unspecified atom stereocenters. The molecule has 0 aliphatic rings. The van der Waals surface area contributed by atoms with Gasteiger partial charge in [-0.05, 0) is 18.2 Å². The van der Waals surface area contributed by atoms with Crippen LogP contribution in [0.3, 0.4) is 0 Å². The van der Waals surface area contributed by atoms with Crippen LogP contribution in [0.1, 0.15) is 22.3 Å². The molecule has 1 N–H and O–H groups in total. The van der Waals surface area contributed by atoms with E-state index in [4.69, 9.17) is 5.11 Å². The molecule has 0 saturated carbocycles. The van der Waals surface area contributed by atoms with Crippen molar-refractivity contribution in [1.82, 2.24) is 0 Å². The van der Waals surface area contributed by atoms with Crippen LogP contribution < -0.4 is 0 Å². The number of hydrogen-bond donors (Lipinski definition) is 1. The third-order valence-electron chi connectivity index (χ3n) is 1.65. The van der Waals surface area contributed by atoms with Crippen molar-refractivity contribution in [1.29, 1.82) is 0 Å². The van der Waals surface area contributed by atoms with Gasteiger partial charge in [-0.25, -0.2) is 9.18 Å². The Balaban J connectivity index is 2.99. The Hall–Kier alpha value is -1.34. The maximum atomic E-state index is 13.0. The second-order valence-corrected chi connectivity index (χ2v) is 3.53. The van der Waals surface area contributed by atoms with Crippen LogP contribution >= 0.6 is 15.9 Å². The molecule has 0 radical (unpaired) electrons. The van der Waals surface area contributed by atoms with Crippen LogP contribution in [0.5, 0.6) is 0 Å². The summed E-state index contributed by atoms with van der Waals surface area (Å²) < 4.78 is 13.0. The van der Waals surface area contributed by atoms with Crippen LogP contribution in [0, 0.1) is 17.7 Å². The maximum Gasteiger partial charge on any atom is 0.338 e. The van der Waals surface area contributed by atoms with Crippen molar-refractivity contribution in [3.05, 3.63) is 35.1 Å². The number of halogens is 2. The lowest BCUT2D eigenvalue weighted by atomic mass is 10.1. The highest BCUT2D eigenvalue weighted by Crippen LogP contribution is 2.09. The van der Waals surface area contributed by atoms with E-state index in [0.717, 1.165) is 11.4 Å². The van der Waals surface area contributed by atoms with Gasteiger partial charge in [-0.3, -0.25) is 0 Å². The van der Waals surface area contributed by atoms with Crippen LogP contribution in [-0.2, 0) is 0 Å². The molecule has 1 aromatic rings. The second-order valence-electron chi connectivity index (χ2n) is 2.74. The Kier molecular flexibility index (Phi) is 4.32. The van der Waals surface area contributed by atoms with Crippen LogP contribution in [0.15, 0.2) is 18.2 Å². The molecule has 0 saturated heterocycles. The van der Waals surface area contributed by atoms with Gasteiger partial charge in [0.25, 0.3) is 0 Å². The van der Waals surface area contributed by atoms with E-state index in [0.29, 0.717) is 12.0 Å². The molecule has 2 nitrogen and oxygen atoms in total. The quantitative estimate of drug-likeness (QED) is 0.663. The number of alkyl halides is 1. The first-order valence-corrected chi connectivity index (χ1v) is 5.35. The molecule has 0 heterocycles. The number of rotatable bonds is 2. The molecule has 15 heavy (non-hydrogen) atoms. The number of carboxylic acid groups (broad SMARTS) is 1. The lowest BCUT2D eigenvalue weighted by Crippen LogP contribution is -2.00. The molecule has 0 bridgehead atoms. The SMILES string of the molecule is O=C(O)c1cc(C#CCCBr)ccc1F. The molecule has 0 spiro atoms. The van der Waals surface area contributed by atoms with Gasteiger partial charge in [0, 0.05) is 17.3 Å². The van der Waals surface area contributed by atoms with E-state index in [9.17, 15) is 9.18 Å². The summed E-state index contributed by atoms with van der Waals surface area (Å²) in [5.74, 6) is 3.56. The standard InChI is InChI=1S/C11H8BrFO2/c12-6-2-1-3-8-4-5-10(13)9(7-8)11(14)15/h4-5,7H,2,6H2,(H,14,15).